The van der Waals surface area contributed by atoms with Crippen LogP contribution in [0.4, 0.5) is 5.69 Å². The minimum atomic E-state index is -0.880. The van der Waals surface area contributed by atoms with E-state index >= 15 is 0 Å². The van der Waals surface area contributed by atoms with Gasteiger partial charge in [0, 0.05) is 12.2 Å². The van der Waals surface area contributed by atoms with Crippen LogP contribution in [0.5, 0.6) is 0 Å². The molecule has 5 heteroatoms. The summed E-state index contributed by atoms with van der Waals surface area (Å²) in [7, 11) is 0. The van der Waals surface area contributed by atoms with Crippen LogP contribution >= 0.6 is 0 Å². The molecule has 126 valence electrons. The lowest BCUT2D eigenvalue weighted by Gasteiger charge is -2.26. The first-order valence-electron chi connectivity index (χ1n) is 8.43. The first kappa shape index (κ1) is 17.5. The van der Waals surface area contributed by atoms with E-state index in [-0.39, 0.29) is 6.54 Å². The minimum Gasteiger partial charge on any atom is -0.388 e. The molecule has 2 amide bonds. The van der Waals surface area contributed by atoms with E-state index in [2.05, 4.69) is 10.6 Å². The average Bonchev–Trinajstić information content (AvgIpc) is 2.78. The lowest BCUT2D eigenvalue weighted by atomic mass is 9.94. The quantitative estimate of drug-likeness (QED) is 0.589. The number of anilines is 1. The van der Waals surface area contributed by atoms with Crippen molar-refractivity contribution in [1.29, 1.82) is 0 Å². The molecule has 1 aromatic rings. The van der Waals surface area contributed by atoms with Crippen LogP contribution in [0.25, 0.3) is 0 Å². The zero-order valence-electron chi connectivity index (χ0n) is 13.7. The Hall–Kier alpha value is -1.88. The maximum Gasteiger partial charge on any atom is 0.313 e. The van der Waals surface area contributed by atoms with Gasteiger partial charge in [-0.15, -0.1) is 0 Å². The van der Waals surface area contributed by atoms with Gasteiger partial charge in [-0.25, -0.2) is 0 Å². The molecule has 0 radical (unpaired) electrons. The summed E-state index contributed by atoms with van der Waals surface area (Å²) < 4.78 is 0. The van der Waals surface area contributed by atoms with Gasteiger partial charge in [-0.05, 0) is 37.0 Å². The molecule has 3 N–H and O–H groups in total. The van der Waals surface area contributed by atoms with Crippen LogP contribution in [0.1, 0.15) is 51.0 Å². The molecule has 5 nitrogen and oxygen atoms in total. The molecule has 2 rings (SSSR count). The smallest absolute Gasteiger partial charge is 0.313 e. The van der Waals surface area contributed by atoms with Gasteiger partial charge in [0.2, 0.25) is 0 Å². The summed E-state index contributed by atoms with van der Waals surface area (Å²) in [6.45, 7) is 2.16. The van der Waals surface area contributed by atoms with Gasteiger partial charge in [0.05, 0.1) is 5.60 Å². The van der Waals surface area contributed by atoms with Crippen LogP contribution in [-0.2, 0) is 16.0 Å². The highest BCUT2D eigenvalue weighted by atomic mass is 16.3. The van der Waals surface area contributed by atoms with Gasteiger partial charge in [-0.1, -0.05) is 44.7 Å². The molecule has 0 heterocycles. The van der Waals surface area contributed by atoms with Crippen molar-refractivity contribution in [3.63, 3.8) is 0 Å². The first-order valence-corrected chi connectivity index (χ1v) is 8.43. The third kappa shape index (κ3) is 5.36. The van der Waals surface area contributed by atoms with Crippen LogP contribution in [0.15, 0.2) is 24.3 Å². The molecular weight excluding hydrogens is 292 g/mol. The Labute approximate surface area is 137 Å². The van der Waals surface area contributed by atoms with Gasteiger partial charge in [-0.3, -0.25) is 9.59 Å². The number of hydrogen-bond donors (Lipinski definition) is 3. The highest BCUT2D eigenvalue weighted by Gasteiger charge is 2.29. The van der Waals surface area contributed by atoms with E-state index in [9.17, 15) is 14.7 Å². The standard InChI is InChI=1S/C18H26N2O3/c1-2-14-8-7-9-15(12-14)20-17(22)16(21)19-13-18(23)10-5-3-4-6-11-18/h7-9,12,23H,2-6,10-11,13H2,1H3,(H,19,21)(H,20,22). The average molecular weight is 318 g/mol. The highest BCUT2D eigenvalue weighted by Crippen LogP contribution is 2.26. The summed E-state index contributed by atoms with van der Waals surface area (Å²) in [5, 5.41) is 15.7. The van der Waals surface area contributed by atoms with Crippen molar-refractivity contribution in [2.75, 3.05) is 11.9 Å². The summed E-state index contributed by atoms with van der Waals surface area (Å²) in [6.07, 6.45) is 6.36. The lowest BCUT2D eigenvalue weighted by Crippen LogP contribution is -2.46. The largest absolute Gasteiger partial charge is 0.388 e. The number of benzene rings is 1. The molecule has 1 aliphatic carbocycles. The lowest BCUT2D eigenvalue weighted by molar-refractivity contribution is -0.136. The van der Waals surface area contributed by atoms with Gasteiger partial charge >= 0.3 is 11.8 Å². The second-order valence-electron chi connectivity index (χ2n) is 6.33. The Morgan fingerprint density at radius 3 is 2.48 bits per heavy atom. The van der Waals surface area contributed by atoms with E-state index < -0.39 is 17.4 Å². The third-order valence-corrected chi connectivity index (χ3v) is 4.41. The summed E-state index contributed by atoms with van der Waals surface area (Å²) >= 11 is 0. The Kier molecular flexibility index (Phi) is 6.16. The van der Waals surface area contributed by atoms with Gasteiger partial charge in [0.25, 0.3) is 0 Å². The molecule has 0 atom stereocenters. The normalized spacial score (nSPS) is 17.1. The molecule has 23 heavy (non-hydrogen) atoms. The molecule has 0 unspecified atom stereocenters. The van der Waals surface area contributed by atoms with Gasteiger partial charge in [0.15, 0.2) is 0 Å². The van der Waals surface area contributed by atoms with Crippen molar-refractivity contribution < 1.29 is 14.7 Å². The van der Waals surface area contributed by atoms with Crippen molar-refractivity contribution >= 4 is 17.5 Å². The van der Waals surface area contributed by atoms with Gasteiger partial charge in [0.1, 0.15) is 0 Å². The number of carbonyl (C=O) groups excluding carboxylic acids is 2. The predicted molar refractivity (Wildman–Crippen MR) is 90.1 cm³/mol. The summed E-state index contributed by atoms with van der Waals surface area (Å²) in [6, 6.07) is 7.42. The molecule has 0 saturated heterocycles. The van der Waals surface area contributed by atoms with E-state index in [1.165, 1.54) is 0 Å². The first-order chi connectivity index (χ1) is 11.0. The van der Waals surface area contributed by atoms with Crippen molar-refractivity contribution in [3.05, 3.63) is 29.8 Å². The van der Waals surface area contributed by atoms with Crippen molar-refractivity contribution in [2.24, 2.45) is 0 Å². The molecule has 0 aliphatic heterocycles. The van der Waals surface area contributed by atoms with Crippen molar-refractivity contribution in [1.82, 2.24) is 5.32 Å². The number of nitrogens with one attached hydrogen (secondary N) is 2. The third-order valence-electron chi connectivity index (χ3n) is 4.41. The fraction of sp³-hybridized carbons (Fsp3) is 0.556. The fourth-order valence-corrected chi connectivity index (χ4v) is 2.95. The monoisotopic (exact) mass is 318 g/mol. The van der Waals surface area contributed by atoms with E-state index in [4.69, 9.17) is 0 Å². The van der Waals surface area contributed by atoms with Crippen molar-refractivity contribution in [2.45, 2.75) is 57.5 Å². The Bertz CT molecular complexity index is 549. The Balaban J connectivity index is 1.85. The molecule has 1 aliphatic rings. The Morgan fingerprint density at radius 1 is 1.13 bits per heavy atom. The zero-order valence-corrected chi connectivity index (χ0v) is 13.7. The number of hydrogen-bond acceptors (Lipinski definition) is 3. The number of aryl methyl sites for hydroxylation is 1. The van der Waals surface area contributed by atoms with Crippen LogP contribution in [0, 0.1) is 0 Å². The van der Waals surface area contributed by atoms with Crippen LogP contribution < -0.4 is 10.6 Å². The number of carbonyl (C=O) groups is 2. The summed E-state index contributed by atoms with van der Waals surface area (Å²) in [5.74, 6) is -1.40. The second-order valence-corrected chi connectivity index (χ2v) is 6.33. The molecule has 0 bridgehead atoms. The number of rotatable bonds is 4. The molecule has 0 spiro atoms. The van der Waals surface area contributed by atoms with Gasteiger partial charge < -0.3 is 15.7 Å². The molecule has 1 aromatic carbocycles. The van der Waals surface area contributed by atoms with Crippen LogP contribution in [0.2, 0.25) is 0 Å². The molecule has 0 aromatic heterocycles. The second kappa shape index (κ2) is 8.11. The number of aliphatic hydroxyl groups is 1. The topological polar surface area (TPSA) is 78.4 Å². The van der Waals surface area contributed by atoms with E-state index in [1.807, 2.05) is 25.1 Å². The predicted octanol–water partition coefficient (Wildman–Crippen LogP) is 2.39. The fourth-order valence-electron chi connectivity index (χ4n) is 2.95. The SMILES string of the molecule is CCc1cccc(NC(=O)C(=O)NCC2(O)CCCCCC2)c1. The van der Waals surface area contributed by atoms with Crippen LogP contribution in [-0.4, -0.2) is 29.1 Å². The maximum atomic E-state index is 12.0. The van der Waals surface area contributed by atoms with E-state index in [1.54, 1.807) is 6.07 Å². The number of amides is 2. The molecule has 1 fully saturated rings. The summed E-state index contributed by atoms with van der Waals surface area (Å²) in [4.78, 5) is 23.9. The zero-order chi connectivity index (χ0) is 16.7. The highest BCUT2D eigenvalue weighted by molar-refractivity contribution is 6.39. The van der Waals surface area contributed by atoms with Gasteiger partial charge in [-0.2, -0.15) is 0 Å². The maximum absolute atomic E-state index is 12.0. The van der Waals surface area contributed by atoms with Crippen LogP contribution in [0.3, 0.4) is 0 Å². The Morgan fingerprint density at radius 2 is 1.83 bits per heavy atom. The molecule has 1 saturated carbocycles. The van der Waals surface area contributed by atoms with Crippen molar-refractivity contribution in [3.8, 4) is 0 Å². The molecular formula is C18H26N2O3. The van der Waals surface area contributed by atoms with E-state index in [0.717, 1.165) is 37.7 Å². The van der Waals surface area contributed by atoms with E-state index in [0.29, 0.717) is 18.5 Å². The summed E-state index contributed by atoms with van der Waals surface area (Å²) in [5.41, 5.74) is 0.822. The minimum absolute atomic E-state index is 0.133.